The maximum atomic E-state index is 10.7. The van der Waals surface area contributed by atoms with Gasteiger partial charge < -0.3 is 5.11 Å². The lowest BCUT2D eigenvalue weighted by atomic mass is 10.0. The van der Waals surface area contributed by atoms with Gasteiger partial charge in [-0.05, 0) is 47.4 Å². The Balaban J connectivity index is 2.10. The van der Waals surface area contributed by atoms with Crippen LogP contribution < -0.4 is 0 Å². The molecule has 0 bridgehead atoms. The van der Waals surface area contributed by atoms with Gasteiger partial charge >= 0.3 is 0 Å². The van der Waals surface area contributed by atoms with Crippen LogP contribution in [0.15, 0.2) is 30.3 Å². The molecule has 0 aliphatic heterocycles. The Morgan fingerprint density at radius 2 is 1.94 bits per heavy atom. The predicted octanol–water partition coefficient (Wildman–Crippen LogP) is 3.11. The van der Waals surface area contributed by atoms with Crippen LogP contribution in [0.5, 0.6) is 0 Å². The summed E-state index contributed by atoms with van der Waals surface area (Å²) in [6.45, 7) is 0. The van der Waals surface area contributed by atoms with Crippen LogP contribution >= 0.6 is 22.6 Å². The zero-order valence-corrected chi connectivity index (χ0v) is 11.4. The Morgan fingerprint density at radius 3 is 2.56 bits per heavy atom. The molecule has 0 aliphatic carbocycles. The molecule has 2 nitrogen and oxygen atoms in total. The maximum Gasteiger partial charge on any atom is 0.194 e. The molecule has 0 fully saturated rings. The van der Waals surface area contributed by atoms with E-state index in [4.69, 9.17) is 0 Å². The molecule has 0 saturated heterocycles. The molecule has 1 aromatic rings. The number of benzene rings is 1. The van der Waals surface area contributed by atoms with Gasteiger partial charge in [-0.3, -0.25) is 4.79 Å². The van der Waals surface area contributed by atoms with E-state index in [9.17, 15) is 9.90 Å². The summed E-state index contributed by atoms with van der Waals surface area (Å²) in [7, 11) is 0. The first-order valence-corrected chi connectivity index (χ1v) is 6.66. The largest absolute Gasteiger partial charge is 0.393 e. The van der Waals surface area contributed by atoms with Crippen LogP contribution in [-0.2, 0) is 11.2 Å². The van der Waals surface area contributed by atoms with E-state index in [0.717, 1.165) is 25.7 Å². The van der Waals surface area contributed by atoms with Crippen LogP contribution in [-0.4, -0.2) is 15.0 Å². The van der Waals surface area contributed by atoms with Gasteiger partial charge in [-0.15, -0.1) is 0 Å². The van der Waals surface area contributed by atoms with Crippen LogP contribution in [0.3, 0.4) is 0 Å². The molecule has 0 radical (unpaired) electrons. The third-order valence-corrected chi connectivity index (χ3v) is 2.93. The average Bonchev–Trinajstić information content (AvgIpc) is 2.25. The van der Waals surface area contributed by atoms with E-state index in [2.05, 4.69) is 12.1 Å². The fourth-order valence-corrected chi connectivity index (χ4v) is 2.15. The predicted molar refractivity (Wildman–Crippen MR) is 73.6 cm³/mol. The monoisotopic (exact) mass is 332 g/mol. The Morgan fingerprint density at radius 1 is 1.25 bits per heavy atom. The Labute approximate surface area is 110 Å². The molecular formula is C13H17IO2. The van der Waals surface area contributed by atoms with E-state index in [1.807, 2.05) is 18.2 Å². The van der Waals surface area contributed by atoms with Gasteiger partial charge in [0.2, 0.25) is 0 Å². The van der Waals surface area contributed by atoms with Crippen molar-refractivity contribution in [2.75, 3.05) is 0 Å². The average molecular weight is 332 g/mol. The lowest BCUT2D eigenvalue weighted by Gasteiger charge is -2.07. The summed E-state index contributed by atoms with van der Waals surface area (Å²) < 4.78 is 0.0353. The van der Waals surface area contributed by atoms with E-state index in [-0.39, 0.29) is 10.2 Å². The number of unbranched alkanes of at least 4 members (excludes halogenated alkanes) is 1. The first-order valence-electron chi connectivity index (χ1n) is 5.59. The quantitative estimate of drug-likeness (QED) is 0.473. The highest BCUT2D eigenvalue weighted by Gasteiger charge is 2.07. The number of aliphatic hydroxyl groups is 1. The van der Waals surface area contributed by atoms with Gasteiger partial charge in [0.05, 0.1) is 6.10 Å². The van der Waals surface area contributed by atoms with Gasteiger partial charge in [0.25, 0.3) is 0 Å². The fourth-order valence-electron chi connectivity index (χ4n) is 1.64. The molecule has 0 amide bonds. The summed E-state index contributed by atoms with van der Waals surface area (Å²) in [5.41, 5.74) is 1.34. The van der Waals surface area contributed by atoms with Gasteiger partial charge in [-0.25, -0.2) is 0 Å². The van der Waals surface area contributed by atoms with Crippen molar-refractivity contribution < 1.29 is 9.90 Å². The zero-order chi connectivity index (χ0) is 11.8. The second-order valence-electron chi connectivity index (χ2n) is 3.94. The van der Waals surface area contributed by atoms with E-state index < -0.39 is 6.10 Å². The van der Waals surface area contributed by atoms with Crippen molar-refractivity contribution in [2.45, 2.75) is 38.2 Å². The normalized spacial score (nSPS) is 12.4. The number of carbonyl (C=O) groups is 1. The molecule has 0 spiro atoms. The Hall–Kier alpha value is -0.420. The highest BCUT2D eigenvalue weighted by molar-refractivity contribution is 14.1. The SMILES string of the molecule is O=C(I)CC(O)CCCCc1ccccc1. The van der Waals surface area contributed by atoms with Crippen LogP contribution in [0.25, 0.3) is 0 Å². The number of halogens is 1. The smallest absolute Gasteiger partial charge is 0.194 e. The van der Waals surface area contributed by atoms with Gasteiger partial charge in [0, 0.05) is 6.42 Å². The zero-order valence-electron chi connectivity index (χ0n) is 9.23. The molecule has 1 rings (SSSR count). The number of carbonyl (C=O) groups excluding carboxylic acids is 1. The third kappa shape index (κ3) is 6.23. The summed E-state index contributed by atoms with van der Waals surface area (Å²) in [4.78, 5) is 10.7. The minimum atomic E-state index is -0.458. The van der Waals surface area contributed by atoms with Crippen molar-refractivity contribution in [2.24, 2.45) is 0 Å². The highest BCUT2D eigenvalue weighted by atomic mass is 127. The van der Waals surface area contributed by atoms with Crippen molar-refractivity contribution >= 4 is 26.4 Å². The Bertz CT molecular complexity index is 311. The molecule has 1 atom stereocenters. The molecule has 0 aromatic heterocycles. The van der Waals surface area contributed by atoms with Crippen molar-refractivity contribution in [1.82, 2.24) is 0 Å². The second kappa shape index (κ2) is 7.79. The minimum absolute atomic E-state index is 0.0353. The standard InChI is InChI=1S/C13H17IO2/c14-13(16)10-12(15)9-5-4-8-11-6-2-1-3-7-11/h1-3,6-7,12,15H,4-5,8-10H2. The number of aliphatic hydroxyl groups excluding tert-OH is 1. The number of hydrogen-bond donors (Lipinski definition) is 1. The number of aryl methyl sites for hydroxylation is 1. The first kappa shape index (κ1) is 13.6. The molecule has 1 aromatic carbocycles. The first-order chi connectivity index (χ1) is 7.68. The second-order valence-corrected chi connectivity index (χ2v) is 5.15. The molecule has 16 heavy (non-hydrogen) atoms. The van der Waals surface area contributed by atoms with E-state index in [1.165, 1.54) is 5.56 Å². The molecule has 0 aliphatic rings. The highest BCUT2D eigenvalue weighted by Crippen LogP contribution is 2.10. The third-order valence-electron chi connectivity index (χ3n) is 2.49. The Kier molecular flexibility index (Phi) is 6.64. The summed E-state index contributed by atoms with van der Waals surface area (Å²) in [5.74, 6) is 0. The van der Waals surface area contributed by atoms with Gasteiger partial charge in [0.15, 0.2) is 3.79 Å². The van der Waals surface area contributed by atoms with E-state index in [0.29, 0.717) is 0 Å². The molecule has 0 saturated carbocycles. The molecule has 88 valence electrons. The van der Waals surface area contributed by atoms with Crippen LogP contribution in [0.2, 0.25) is 0 Å². The summed E-state index contributed by atoms with van der Waals surface area (Å²) in [5, 5.41) is 9.49. The fraction of sp³-hybridized carbons (Fsp3) is 0.462. The summed E-state index contributed by atoms with van der Waals surface area (Å²) in [6, 6.07) is 10.3. The molecule has 0 heterocycles. The molecule has 1 N–H and O–H groups in total. The lowest BCUT2D eigenvalue weighted by molar-refractivity contribution is -0.111. The summed E-state index contributed by atoms with van der Waals surface area (Å²) >= 11 is 1.73. The maximum absolute atomic E-state index is 10.7. The summed E-state index contributed by atoms with van der Waals surface area (Å²) in [6.07, 6.45) is 3.63. The number of hydrogen-bond acceptors (Lipinski definition) is 2. The molecule has 3 heteroatoms. The van der Waals surface area contributed by atoms with E-state index >= 15 is 0 Å². The topological polar surface area (TPSA) is 37.3 Å². The molecular weight excluding hydrogens is 315 g/mol. The van der Waals surface area contributed by atoms with Crippen molar-refractivity contribution in [3.63, 3.8) is 0 Å². The minimum Gasteiger partial charge on any atom is -0.393 e. The van der Waals surface area contributed by atoms with Crippen molar-refractivity contribution in [3.8, 4) is 0 Å². The van der Waals surface area contributed by atoms with Crippen LogP contribution in [0.4, 0.5) is 0 Å². The lowest BCUT2D eigenvalue weighted by Crippen LogP contribution is -2.09. The van der Waals surface area contributed by atoms with Gasteiger partial charge in [-0.2, -0.15) is 0 Å². The van der Waals surface area contributed by atoms with Crippen LogP contribution in [0, 0.1) is 0 Å². The van der Waals surface area contributed by atoms with Gasteiger partial charge in [0.1, 0.15) is 0 Å². The van der Waals surface area contributed by atoms with Gasteiger partial charge in [-0.1, -0.05) is 36.8 Å². The van der Waals surface area contributed by atoms with Crippen molar-refractivity contribution in [1.29, 1.82) is 0 Å². The molecule has 1 unspecified atom stereocenters. The van der Waals surface area contributed by atoms with Crippen molar-refractivity contribution in [3.05, 3.63) is 35.9 Å². The number of rotatable bonds is 7. The van der Waals surface area contributed by atoms with E-state index in [1.54, 1.807) is 22.6 Å². The van der Waals surface area contributed by atoms with Crippen LogP contribution in [0.1, 0.15) is 31.2 Å².